The van der Waals surface area contributed by atoms with E-state index >= 15 is 0 Å². The van der Waals surface area contributed by atoms with Gasteiger partial charge in [-0.15, -0.1) is 5.10 Å². The van der Waals surface area contributed by atoms with E-state index in [-0.39, 0.29) is 18.8 Å². The molecule has 0 radical (unpaired) electrons. The van der Waals surface area contributed by atoms with Crippen LogP contribution < -0.4 is 10.4 Å². The third kappa shape index (κ3) is 3.90. The number of hydrogen-bond donors (Lipinski definition) is 0. The van der Waals surface area contributed by atoms with E-state index in [1.807, 2.05) is 18.2 Å². The number of esters is 1. The molecule has 1 unspecified atom stereocenters. The van der Waals surface area contributed by atoms with E-state index in [2.05, 4.69) is 21.0 Å². The molecular weight excluding hydrogens is 390 g/mol. The molecule has 0 saturated heterocycles. The maximum atomic E-state index is 12.1. The zero-order valence-electron chi connectivity index (χ0n) is 13.5. The summed E-state index contributed by atoms with van der Waals surface area (Å²) in [6.07, 6.45) is 0.873. The molecule has 1 aromatic carbocycles. The third-order valence-corrected chi connectivity index (χ3v) is 4.16. The van der Waals surface area contributed by atoms with Crippen molar-refractivity contribution in [1.82, 2.24) is 14.2 Å². The van der Waals surface area contributed by atoms with E-state index < -0.39 is 12.1 Å². The standard InChI is InChI=1S/C17H16BrN3O4/c1-12(25-14-7-3-2-6-13(14)18)16(22)24-11-10-21-17(23)20-9-5-4-8-15(20)19-21/h2-9,12H,10-11H2,1H3. The molecular formula is C17H16BrN3O4. The largest absolute Gasteiger partial charge is 0.478 e. The molecule has 0 bridgehead atoms. The minimum absolute atomic E-state index is 0.0340. The van der Waals surface area contributed by atoms with Crippen molar-refractivity contribution < 1.29 is 14.3 Å². The molecule has 25 heavy (non-hydrogen) atoms. The van der Waals surface area contributed by atoms with Gasteiger partial charge in [0.05, 0.1) is 11.0 Å². The molecule has 3 aromatic rings. The maximum Gasteiger partial charge on any atom is 0.350 e. The lowest BCUT2D eigenvalue weighted by molar-refractivity contribution is -0.151. The molecule has 130 valence electrons. The Balaban J connectivity index is 1.56. The van der Waals surface area contributed by atoms with Crippen LogP contribution in [0, 0.1) is 0 Å². The molecule has 0 saturated carbocycles. The molecule has 1 atom stereocenters. The van der Waals surface area contributed by atoms with E-state index in [9.17, 15) is 9.59 Å². The van der Waals surface area contributed by atoms with Crippen molar-refractivity contribution in [2.24, 2.45) is 0 Å². The first kappa shape index (κ1) is 17.2. The van der Waals surface area contributed by atoms with Gasteiger partial charge in [0.25, 0.3) is 0 Å². The number of para-hydroxylation sites is 1. The number of rotatable bonds is 6. The monoisotopic (exact) mass is 405 g/mol. The number of carbonyl (C=O) groups is 1. The Morgan fingerprint density at radius 3 is 2.76 bits per heavy atom. The van der Waals surface area contributed by atoms with Gasteiger partial charge in [0.2, 0.25) is 0 Å². The van der Waals surface area contributed by atoms with Crippen molar-refractivity contribution in [3.8, 4) is 5.75 Å². The second-order valence-electron chi connectivity index (χ2n) is 5.29. The Kier molecular flexibility index (Phi) is 5.18. The summed E-state index contributed by atoms with van der Waals surface area (Å²) in [7, 11) is 0. The first-order valence-corrected chi connectivity index (χ1v) is 8.47. The van der Waals surface area contributed by atoms with E-state index in [0.717, 1.165) is 4.47 Å². The predicted octanol–water partition coefficient (Wildman–Crippen LogP) is 2.27. The van der Waals surface area contributed by atoms with Crippen LogP contribution in [-0.4, -0.2) is 32.9 Å². The van der Waals surface area contributed by atoms with Gasteiger partial charge in [0.15, 0.2) is 11.8 Å². The molecule has 0 spiro atoms. The molecule has 0 aliphatic heterocycles. The third-order valence-electron chi connectivity index (χ3n) is 3.51. The molecule has 0 fully saturated rings. The molecule has 0 amide bonds. The van der Waals surface area contributed by atoms with Crippen LogP contribution in [0.1, 0.15) is 6.92 Å². The average molecular weight is 406 g/mol. The molecule has 2 aromatic heterocycles. The van der Waals surface area contributed by atoms with Gasteiger partial charge in [0.1, 0.15) is 12.4 Å². The number of halogens is 1. The Morgan fingerprint density at radius 1 is 1.24 bits per heavy atom. The van der Waals surface area contributed by atoms with Crippen LogP contribution in [0.25, 0.3) is 5.65 Å². The van der Waals surface area contributed by atoms with Gasteiger partial charge in [0, 0.05) is 6.20 Å². The van der Waals surface area contributed by atoms with Gasteiger partial charge in [-0.25, -0.2) is 14.3 Å². The number of aromatic nitrogens is 3. The van der Waals surface area contributed by atoms with Gasteiger partial charge < -0.3 is 9.47 Å². The zero-order valence-corrected chi connectivity index (χ0v) is 15.0. The van der Waals surface area contributed by atoms with Crippen molar-refractivity contribution in [3.63, 3.8) is 0 Å². The Bertz CT molecular complexity index is 950. The highest BCUT2D eigenvalue weighted by molar-refractivity contribution is 9.10. The van der Waals surface area contributed by atoms with Crippen LogP contribution in [-0.2, 0) is 16.1 Å². The van der Waals surface area contributed by atoms with Crippen molar-refractivity contribution in [1.29, 1.82) is 0 Å². The van der Waals surface area contributed by atoms with Crippen LogP contribution >= 0.6 is 15.9 Å². The molecule has 7 nitrogen and oxygen atoms in total. The van der Waals surface area contributed by atoms with Crippen LogP contribution in [0.15, 0.2) is 57.9 Å². The normalized spacial score (nSPS) is 12.1. The lowest BCUT2D eigenvalue weighted by Crippen LogP contribution is -2.29. The summed E-state index contributed by atoms with van der Waals surface area (Å²) in [5.41, 5.74) is 0.272. The van der Waals surface area contributed by atoms with Crippen LogP contribution in [0.2, 0.25) is 0 Å². The average Bonchev–Trinajstić information content (AvgIpc) is 2.93. The number of benzene rings is 1. The van der Waals surface area contributed by atoms with Crippen molar-refractivity contribution >= 4 is 27.5 Å². The fourth-order valence-electron chi connectivity index (χ4n) is 2.24. The lowest BCUT2D eigenvalue weighted by Gasteiger charge is -2.14. The second kappa shape index (κ2) is 7.52. The molecule has 3 rings (SSSR count). The highest BCUT2D eigenvalue weighted by Crippen LogP contribution is 2.24. The Hall–Kier alpha value is -2.61. The van der Waals surface area contributed by atoms with Gasteiger partial charge >= 0.3 is 11.7 Å². The fourth-order valence-corrected chi connectivity index (χ4v) is 2.62. The van der Waals surface area contributed by atoms with E-state index in [4.69, 9.17) is 9.47 Å². The summed E-state index contributed by atoms with van der Waals surface area (Å²) in [5, 5.41) is 4.17. The Morgan fingerprint density at radius 2 is 2.00 bits per heavy atom. The summed E-state index contributed by atoms with van der Waals surface area (Å²) in [5.74, 6) is 0.0519. The summed E-state index contributed by atoms with van der Waals surface area (Å²) in [4.78, 5) is 24.1. The molecule has 0 aliphatic carbocycles. The highest BCUT2D eigenvalue weighted by atomic mass is 79.9. The quantitative estimate of drug-likeness (QED) is 0.588. The van der Waals surface area contributed by atoms with E-state index in [1.54, 1.807) is 37.4 Å². The van der Waals surface area contributed by atoms with E-state index in [1.165, 1.54) is 9.08 Å². The van der Waals surface area contributed by atoms with Crippen molar-refractivity contribution in [2.75, 3.05) is 6.61 Å². The summed E-state index contributed by atoms with van der Waals surface area (Å²) >= 11 is 3.36. The number of carbonyl (C=O) groups excluding carboxylic acids is 1. The predicted molar refractivity (Wildman–Crippen MR) is 94.6 cm³/mol. The van der Waals surface area contributed by atoms with Gasteiger partial charge in [-0.1, -0.05) is 18.2 Å². The molecule has 0 N–H and O–H groups in total. The van der Waals surface area contributed by atoms with Gasteiger partial charge in [-0.2, -0.15) is 0 Å². The van der Waals surface area contributed by atoms with Crippen molar-refractivity contribution in [3.05, 3.63) is 63.6 Å². The number of fused-ring (bicyclic) bond motifs is 1. The number of nitrogens with zero attached hydrogens (tertiary/aromatic N) is 3. The first-order valence-electron chi connectivity index (χ1n) is 7.68. The minimum Gasteiger partial charge on any atom is -0.478 e. The number of ether oxygens (including phenoxy) is 2. The van der Waals surface area contributed by atoms with Crippen LogP contribution in [0.5, 0.6) is 5.75 Å². The molecule has 8 heteroatoms. The lowest BCUT2D eigenvalue weighted by atomic mass is 10.3. The molecule has 2 heterocycles. The summed E-state index contributed by atoms with van der Waals surface area (Å²) in [6.45, 7) is 1.82. The zero-order chi connectivity index (χ0) is 17.8. The topological polar surface area (TPSA) is 74.8 Å². The highest BCUT2D eigenvalue weighted by Gasteiger charge is 2.17. The summed E-state index contributed by atoms with van der Waals surface area (Å²) < 4.78 is 14.2. The smallest absolute Gasteiger partial charge is 0.350 e. The van der Waals surface area contributed by atoms with Crippen molar-refractivity contribution in [2.45, 2.75) is 19.6 Å². The van der Waals surface area contributed by atoms with Gasteiger partial charge in [-0.3, -0.25) is 4.40 Å². The molecule has 0 aliphatic rings. The van der Waals surface area contributed by atoms with E-state index in [0.29, 0.717) is 11.4 Å². The van der Waals surface area contributed by atoms with Crippen LogP contribution in [0.3, 0.4) is 0 Å². The second-order valence-corrected chi connectivity index (χ2v) is 6.15. The van der Waals surface area contributed by atoms with Gasteiger partial charge in [-0.05, 0) is 47.1 Å². The maximum absolute atomic E-state index is 12.1. The minimum atomic E-state index is -0.767. The number of pyridine rings is 1. The summed E-state index contributed by atoms with van der Waals surface area (Å²) in [6, 6.07) is 12.5. The number of hydrogen-bond acceptors (Lipinski definition) is 5. The van der Waals surface area contributed by atoms with Crippen LogP contribution in [0.4, 0.5) is 0 Å². The fraction of sp³-hybridized carbons (Fsp3) is 0.235. The first-order chi connectivity index (χ1) is 12.1. The SMILES string of the molecule is CC(Oc1ccccc1Br)C(=O)OCCn1nc2ccccn2c1=O. The Labute approximate surface area is 151 Å².